The molecule has 0 radical (unpaired) electrons. The third-order valence-corrected chi connectivity index (χ3v) is 4.74. The predicted molar refractivity (Wildman–Crippen MR) is 106 cm³/mol. The van der Waals surface area contributed by atoms with Crippen LogP contribution in [0.1, 0.15) is 30.3 Å². The highest BCUT2D eigenvalue weighted by Gasteiger charge is 2.11. The number of hydrogen-bond donors (Lipinski definition) is 1. The minimum Gasteiger partial charge on any atom is -0.326 e. The van der Waals surface area contributed by atoms with E-state index in [2.05, 4.69) is 15.3 Å². The molecule has 2 amide bonds. The van der Waals surface area contributed by atoms with Crippen molar-refractivity contribution >= 4 is 35.0 Å². The molecule has 7 heteroatoms. The van der Waals surface area contributed by atoms with Gasteiger partial charge in [0.15, 0.2) is 5.16 Å². The topological polar surface area (TPSA) is 75.2 Å². The minimum atomic E-state index is -0.0644. The highest BCUT2D eigenvalue weighted by atomic mass is 32.2. The van der Waals surface area contributed by atoms with E-state index in [1.54, 1.807) is 36.2 Å². The first-order valence-corrected chi connectivity index (χ1v) is 9.56. The van der Waals surface area contributed by atoms with Gasteiger partial charge in [0, 0.05) is 43.2 Å². The zero-order chi connectivity index (χ0) is 19.3. The van der Waals surface area contributed by atoms with Crippen molar-refractivity contribution in [1.82, 2.24) is 9.97 Å². The molecule has 2 aromatic rings. The summed E-state index contributed by atoms with van der Waals surface area (Å²) in [6.45, 7) is 5.41. The fourth-order valence-corrected chi connectivity index (χ4v) is 3.03. The lowest BCUT2D eigenvalue weighted by molar-refractivity contribution is -0.117. The average molecular weight is 372 g/mol. The number of hydrogen-bond acceptors (Lipinski definition) is 5. The summed E-state index contributed by atoms with van der Waals surface area (Å²) in [6.07, 6.45) is 2.91. The Morgan fingerprint density at radius 2 is 1.69 bits per heavy atom. The van der Waals surface area contributed by atoms with Crippen LogP contribution in [-0.4, -0.2) is 35.1 Å². The molecule has 0 bridgehead atoms. The number of nitrogens with one attached hydrogen (secondary N) is 1. The van der Waals surface area contributed by atoms with Crippen LogP contribution in [0.5, 0.6) is 0 Å². The van der Waals surface area contributed by atoms with Crippen LogP contribution in [-0.2, 0) is 16.0 Å². The monoisotopic (exact) mass is 372 g/mol. The fourth-order valence-electron chi connectivity index (χ4n) is 2.57. The Bertz CT molecular complexity index is 783. The van der Waals surface area contributed by atoms with Crippen LogP contribution in [0.2, 0.25) is 0 Å². The number of carbonyl (C=O) groups is 2. The van der Waals surface area contributed by atoms with E-state index in [0.717, 1.165) is 27.8 Å². The smallest absolute Gasteiger partial charge is 0.224 e. The Kier molecular flexibility index (Phi) is 6.74. The van der Waals surface area contributed by atoms with Crippen LogP contribution in [0.4, 0.5) is 11.4 Å². The second-order valence-corrected chi connectivity index (χ2v) is 6.81. The summed E-state index contributed by atoms with van der Waals surface area (Å²) in [7, 11) is 1.71. The molecule has 0 aliphatic rings. The molecule has 0 unspecified atom stereocenters. The molecule has 0 spiro atoms. The number of anilines is 2. The molecule has 1 heterocycles. The molecule has 1 N–H and O–H groups in total. The third-order valence-electron chi connectivity index (χ3n) is 4.20. The third kappa shape index (κ3) is 5.05. The van der Waals surface area contributed by atoms with Crippen molar-refractivity contribution < 1.29 is 9.59 Å². The van der Waals surface area contributed by atoms with Gasteiger partial charge in [-0.25, -0.2) is 9.97 Å². The quantitative estimate of drug-likeness (QED) is 0.621. The lowest BCUT2D eigenvalue weighted by Gasteiger charge is -2.15. The standard InChI is InChI=1S/C19H24N4O2S/c1-12-17(13(2)21-19(20-12)26-5)10-11-18(25)22-15-6-8-16(9-7-15)23(4)14(3)24/h6-9H,10-11H2,1-5H3,(H,22,25). The SMILES string of the molecule is CSc1nc(C)c(CCC(=O)Nc2ccc(N(C)C(C)=O)cc2)c(C)n1. The molecular formula is C19H24N4O2S. The maximum Gasteiger partial charge on any atom is 0.224 e. The van der Waals surface area contributed by atoms with Gasteiger partial charge in [-0.05, 0) is 56.4 Å². The molecule has 0 fully saturated rings. The molecule has 0 aliphatic heterocycles. The van der Waals surface area contributed by atoms with E-state index in [9.17, 15) is 9.59 Å². The molecule has 0 atom stereocenters. The molecule has 6 nitrogen and oxygen atoms in total. The minimum absolute atomic E-state index is 0.0396. The van der Waals surface area contributed by atoms with Gasteiger partial charge in [0.05, 0.1) is 0 Å². The van der Waals surface area contributed by atoms with Crippen molar-refractivity contribution in [2.75, 3.05) is 23.5 Å². The van der Waals surface area contributed by atoms with Gasteiger partial charge in [0.2, 0.25) is 11.8 Å². The van der Waals surface area contributed by atoms with E-state index < -0.39 is 0 Å². The molecule has 0 saturated heterocycles. The van der Waals surface area contributed by atoms with E-state index in [-0.39, 0.29) is 11.8 Å². The molecule has 0 saturated carbocycles. The Labute approximate surface area is 158 Å². The second-order valence-electron chi connectivity index (χ2n) is 6.03. The maximum absolute atomic E-state index is 12.2. The van der Waals surface area contributed by atoms with Crippen molar-refractivity contribution in [2.24, 2.45) is 0 Å². The van der Waals surface area contributed by atoms with Crippen LogP contribution in [0.15, 0.2) is 29.4 Å². The lowest BCUT2D eigenvalue weighted by atomic mass is 10.1. The summed E-state index contributed by atoms with van der Waals surface area (Å²) in [5.41, 5.74) is 4.36. The van der Waals surface area contributed by atoms with Gasteiger partial charge in [-0.15, -0.1) is 0 Å². The number of rotatable bonds is 6. The Morgan fingerprint density at radius 3 is 2.19 bits per heavy atom. The molecule has 138 valence electrons. The van der Waals surface area contributed by atoms with E-state index in [1.807, 2.05) is 20.1 Å². The predicted octanol–water partition coefficient (Wildman–Crippen LogP) is 3.37. The van der Waals surface area contributed by atoms with Crippen molar-refractivity contribution in [2.45, 2.75) is 38.8 Å². The van der Waals surface area contributed by atoms with Crippen LogP contribution in [0.3, 0.4) is 0 Å². The first kappa shape index (κ1) is 19.9. The number of nitrogens with zero attached hydrogens (tertiary/aromatic N) is 3. The van der Waals surface area contributed by atoms with E-state index in [1.165, 1.54) is 18.7 Å². The number of amides is 2. The lowest BCUT2D eigenvalue weighted by Crippen LogP contribution is -2.22. The highest BCUT2D eigenvalue weighted by Crippen LogP contribution is 2.19. The van der Waals surface area contributed by atoms with Gasteiger partial charge in [0.1, 0.15) is 0 Å². The second kappa shape index (κ2) is 8.80. The normalized spacial score (nSPS) is 10.5. The largest absolute Gasteiger partial charge is 0.326 e. The van der Waals surface area contributed by atoms with Gasteiger partial charge < -0.3 is 10.2 Å². The summed E-state index contributed by atoms with van der Waals surface area (Å²) in [6, 6.07) is 7.19. The fraction of sp³-hybridized carbons (Fsp3) is 0.368. The number of aryl methyl sites for hydroxylation is 2. The molecule has 26 heavy (non-hydrogen) atoms. The first-order valence-electron chi connectivity index (χ1n) is 8.34. The Balaban J connectivity index is 1.96. The van der Waals surface area contributed by atoms with Crippen LogP contribution >= 0.6 is 11.8 Å². The Hall–Kier alpha value is -2.41. The van der Waals surface area contributed by atoms with E-state index in [0.29, 0.717) is 18.5 Å². The van der Waals surface area contributed by atoms with Gasteiger partial charge >= 0.3 is 0 Å². The number of thioether (sulfide) groups is 1. The van der Waals surface area contributed by atoms with Crippen LogP contribution in [0.25, 0.3) is 0 Å². The van der Waals surface area contributed by atoms with Gasteiger partial charge in [-0.2, -0.15) is 0 Å². The summed E-state index contributed by atoms with van der Waals surface area (Å²) in [5.74, 6) is -0.104. The van der Waals surface area contributed by atoms with Crippen molar-refractivity contribution in [3.05, 3.63) is 41.2 Å². The highest BCUT2D eigenvalue weighted by molar-refractivity contribution is 7.98. The number of carbonyl (C=O) groups excluding carboxylic acids is 2. The summed E-state index contributed by atoms with van der Waals surface area (Å²) in [4.78, 5) is 34.0. The number of aromatic nitrogens is 2. The summed E-state index contributed by atoms with van der Waals surface area (Å²) < 4.78 is 0. The summed E-state index contributed by atoms with van der Waals surface area (Å²) >= 11 is 1.51. The van der Waals surface area contributed by atoms with Crippen LogP contribution < -0.4 is 10.2 Å². The molecule has 0 aliphatic carbocycles. The molecule has 2 rings (SSSR count). The van der Waals surface area contributed by atoms with Crippen molar-refractivity contribution in [3.8, 4) is 0 Å². The van der Waals surface area contributed by atoms with Crippen molar-refractivity contribution in [1.29, 1.82) is 0 Å². The van der Waals surface area contributed by atoms with Crippen LogP contribution in [0, 0.1) is 13.8 Å². The number of benzene rings is 1. The molecular weight excluding hydrogens is 348 g/mol. The van der Waals surface area contributed by atoms with Gasteiger partial charge in [0.25, 0.3) is 0 Å². The average Bonchev–Trinajstić information content (AvgIpc) is 2.60. The Morgan fingerprint density at radius 1 is 1.12 bits per heavy atom. The van der Waals surface area contributed by atoms with E-state index in [4.69, 9.17) is 0 Å². The zero-order valence-corrected chi connectivity index (χ0v) is 16.6. The first-order chi connectivity index (χ1) is 12.3. The molecule has 1 aromatic heterocycles. The molecule has 1 aromatic carbocycles. The zero-order valence-electron chi connectivity index (χ0n) is 15.8. The maximum atomic E-state index is 12.2. The van der Waals surface area contributed by atoms with Gasteiger partial charge in [-0.1, -0.05) is 11.8 Å². The van der Waals surface area contributed by atoms with E-state index >= 15 is 0 Å². The summed E-state index contributed by atoms with van der Waals surface area (Å²) in [5, 5.41) is 3.64. The van der Waals surface area contributed by atoms with Gasteiger partial charge in [-0.3, -0.25) is 9.59 Å². The van der Waals surface area contributed by atoms with Crippen molar-refractivity contribution in [3.63, 3.8) is 0 Å².